The van der Waals surface area contributed by atoms with E-state index in [9.17, 15) is 0 Å². The summed E-state index contributed by atoms with van der Waals surface area (Å²) in [6.45, 7) is 0. The van der Waals surface area contributed by atoms with E-state index in [0.717, 1.165) is 0 Å². The molecule has 0 aromatic heterocycles. The lowest BCUT2D eigenvalue weighted by atomic mass is 10.8. The molecule has 0 spiro atoms. The fraction of sp³-hybridized carbons (Fsp3) is 0. The summed E-state index contributed by atoms with van der Waals surface area (Å²) in [4.78, 5) is 0. The second-order valence-electron chi connectivity index (χ2n) is 0. The average Bonchev–Trinajstić information content (AvgIpc) is 0. The third-order valence-electron chi connectivity index (χ3n) is 0. The summed E-state index contributed by atoms with van der Waals surface area (Å²) >= 11 is 0. The van der Waals surface area contributed by atoms with Gasteiger partial charge in [0.1, 0.15) is 0 Å². The van der Waals surface area contributed by atoms with Crippen LogP contribution in [0.1, 0.15) is 0 Å². The topological polar surface area (TPSA) is 31.5 Å². The Kier molecular flexibility index (Phi) is 432000. The van der Waals surface area contributed by atoms with Crippen molar-refractivity contribution in [3.05, 3.63) is 0 Å². The van der Waals surface area contributed by atoms with Gasteiger partial charge in [-0.05, 0) is 0 Å². The largest absolute Gasteiger partial charge is 0.412 e. The Morgan fingerprint density at radius 3 is 0.333 bits per heavy atom. The second kappa shape index (κ2) is 1200. The number of hydrogen-bond acceptors (Lipinski definition) is 0. The molecule has 0 fully saturated rings. The Labute approximate surface area is 48.5 Å². The third kappa shape index (κ3) is 570. The molecule has 0 aliphatic carbocycles. The van der Waals surface area contributed by atoms with Crippen LogP contribution in [0.25, 0.3) is 0 Å². The average molecular weight is 72.1 g/mol. The fourth-order valence-corrected chi connectivity index (χ4v) is 0. The van der Waals surface area contributed by atoms with Crippen molar-refractivity contribution in [1.82, 2.24) is 0 Å². The smallest absolute Gasteiger partial charge is 0 e. The van der Waals surface area contributed by atoms with E-state index in [-0.39, 0.29) is 47.5 Å². The van der Waals surface area contributed by atoms with Crippen LogP contribution in [0.4, 0.5) is 0 Å². The van der Waals surface area contributed by atoms with Gasteiger partial charge in [0, 0.05) is 42.1 Å². The molecular formula is H2B5O. The van der Waals surface area contributed by atoms with Crippen molar-refractivity contribution in [2.75, 3.05) is 0 Å². The first-order valence-corrected chi connectivity index (χ1v) is 0. The number of rotatable bonds is 0. The Balaban J connectivity index is 0. The maximum Gasteiger partial charge on any atom is 0 e. The van der Waals surface area contributed by atoms with Crippen molar-refractivity contribution in [2.24, 2.45) is 0 Å². The van der Waals surface area contributed by atoms with Crippen molar-refractivity contribution in [3.63, 3.8) is 0 Å². The molecule has 0 aliphatic rings. The standard InChI is InChI=1S/5B.H2O/h;;;;;1H2. The second-order valence-corrected chi connectivity index (χ2v) is 0. The third-order valence-corrected chi connectivity index (χ3v) is 0. The minimum absolute atomic E-state index is 0. The van der Waals surface area contributed by atoms with Gasteiger partial charge in [-0.15, -0.1) is 0 Å². The molecule has 0 amide bonds. The van der Waals surface area contributed by atoms with Gasteiger partial charge in [0.25, 0.3) is 0 Å². The van der Waals surface area contributed by atoms with Crippen LogP contribution < -0.4 is 0 Å². The zero-order valence-corrected chi connectivity index (χ0v) is 3.39. The molecule has 0 rings (SSSR count). The molecule has 0 saturated heterocycles. The molecule has 0 aliphatic heterocycles. The maximum atomic E-state index is 0. The minimum atomic E-state index is 0. The van der Waals surface area contributed by atoms with Gasteiger partial charge in [-0.1, -0.05) is 0 Å². The Morgan fingerprint density at radius 2 is 0.333 bits per heavy atom. The van der Waals surface area contributed by atoms with E-state index in [2.05, 4.69) is 0 Å². The molecule has 0 aromatic carbocycles. The van der Waals surface area contributed by atoms with E-state index >= 15 is 0 Å². The molecule has 2 N–H and O–H groups in total. The zero-order chi connectivity index (χ0) is 0. The molecule has 6 heteroatoms. The molecule has 1 nitrogen and oxygen atoms in total. The van der Waals surface area contributed by atoms with Gasteiger partial charge in [0.15, 0.2) is 0 Å². The fourth-order valence-electron chi connectivity index (χ4n) is 0. The van der Waals surface area contributed by atoms with Gasteiger partial charge < -0.3 is 5.48 Å². The first-order valence-electron chi connectivity index (χ1n) is 0. The molecule has 23 valence electrons. The van der Waals surface area contributed by atoms with Gasteiger partial charge in [-0.3, -0.25) is 0 Å². The molecule has 0 bridgehead atoms. The highest BCUT2D eigenvalue weighted by molar-refractivity contribution is 5.76. The maximum absolute atomic E-state index is 0. The normalized spacial score (nSPS) is 0. The van der Waals surface area contributed by atoms with E-state index in [1.165, 1.54) is 0 Å². The van der Waals surface area contributed by atoms with Crippen molar-refractivity contribution >= 4 is 42.1 Å². The van der Waals surface area contributed by atoms with E-state index in [1.54, 1.807) is 0 Å². The predicted octanol–water partition coefficient (Wildman–Crippen LogP) is -2.73. The summed E-state index contributed by atoms with van der Waals surface area (Å²) in [5.41, 5.74) is 0. The van der Waals surface area contributed by atoms with Crippen molar-refractivity contribution in [2.45, 2.75) is 0 Å². The summed E-state index contributed by atoms with van der Waals surface area (Å²) in [6.07, 6.45) is 0. The van der Waals surface area contributed by atoms with Crippen molar-refractivity contribution < 1.29 is 5.48 Å². The Bertz CT molecular complexity index is 3.90. The molecule has 0 heterocycles. The molecule has 15 radical (unpaired) electrons. The van der Waals surface area contributed by atoms with Crippen molar-refractivity contribution in [1.29, 1.82) is 0 Å². The highest BCUT2D eigenvalue weighted by Crippen LogP contribution is -0.289. The summed E-state index contributed by atoms with van der Waals surface area (Å²) in [5.74, 6) is 0. The van der Waals surface area contributed by atoms with Crippen LogP contribution in [0, 0.1) is 0 Å². The van der Waals surface area contributed by atoms with Crippen LogP contribution in [0.2, 0.25) is 0 Å². The minimum Gasteiger partial charge on any atom is -0.412 e. The lowest BCUT2D eigenvalue weighted by Gasteiger charge is -0.412. The Morgan fingerprint density at radius 1 is 0.333 bits per heavy atom. The monoisotopic (exact) mass is 73.1 g/mol. The van der Waals surface area contributed by atoms with E-state index in [4.69, 9.17) is 0 Å². The van der Waals surface area contributed by atoms with E-state index in [1.807, 2.05) is 0 Å². The van der Waals surface area contributed by atoms with E-state index in [0.29, 0.717) is 0 Å². The van der Waals surface area contributed by atoms with Crippen LogP contribution in [-0.2, 0) is 0 Å². The van der Waals surface area contributed by atoms with Crippen LogP contribution >= 0.6 is 0 Å². The van der Waals surface area contributed by atoms with Crippen LogP contribution in [-0.4, -0.2) is 47.5 Å². The van der Waals surface area contributed by atoms with Gasteiger partial charge >= 0.3 is 0 Å². The predicted molar refractivity (Wildman–Crippen MR) is 32.4 cm³/mol. The van der Waals surface area contributed by atoms with Gasteiger partial charge in [-0.2, -0.15) is 0 Å². The summed E-state index contributed by atoms with van der Waals surface area (Å²) in [6, 6.07) is 0. The lowest BCUT2D eigenvalue weighted by molar-refractivity contribution is 0.824. The highest BCUT2D eigenvalue weighted by atomic mass is 16.0. The molecule has 0 saturated carbocycles. The molecule has 6 heavy (non-hydrogen) atoms. The Hall–Kier alpha value is 0.285. The SMILES string of the molecule is O.[B].[B].[B].[B].[B]. The summed E-state index contributed by atoms with van der Waals surface area (Å²) in [5, 5.41) is 0. The van der Waals surface area contributed by atoms with Crippen LogP contribution in [0.15, 0.2) is 0 Å². The highest BCUT2D eigenvalue weighted by Gasteiger charge is 0.00401. The van der Waals surface area contributed by atoms with Gasteiger partial charge in [0.2, 0.25) is 0 Å². The molecule has 0 atom stereocenters. The quantitative estimate of drug-likeness (QED) is 0.278. The molecular weight excluding hydrogens is 70.1 g/mol. The van der Waals surface area contributed by atoms with Gasteiger partial charge in [-0.25, -0.2) is 0 Å². The number of hydrogen-bond donors (Lipinski definition) is 0. The van der Waals surface area contributed by atoms with Crippen LogP contribution in [0.3, 0.4) is 0 Å². The summed E-state index contributed by atoms with van der Waals surface area (Å²) < 4.78 is 0. The van der Waals surface area contributed by atoms with Crippen molar-refractivity contribution in [3.8, 4) is 0 Å². The molecule has 0 unspecified atom stereocenters. The molecule has 0 aromatic rings. The van der Waals surface area contributed by atoms with Crippen LogP contribution in [0.5, 0.6) is 0 Å². The summed E-state index contributed by atoms with van der Waals surface area (Å²) in [7, 11) is 0. The zero-order valence-electron chi connectivity index (χ0n) is 3.39. The van der Waals surface area contributed by atoms with Gasteiger partial charge in [0.05, 0.1) is 0 Å². The first-order chi connectivity index (χ1) is 0. The first kappa shape index (κ1) is 2170. The lowest BCUT2D eigenvalue weighted by Crippen LogP contribution is -0.382. The van der Waals surface area contributed by atoms with E-state index < -0.39 is 0 Å².